The largest absolute Gasteiger partial charge is 0.312 e. The molecule has 2 heterocycles. The topological polar surface area (TPSA) is 55.1 Å². The second kappa shape index (κ2) is 4.89. The monoisotopic (exact) mass is 251 g/mol. The maximum absolute atomic E-state index is 4.47. The first-order chi connectivity index (χ1) is 9.34. The predicted molar refractivity (Wildman–Crippen MR) is 76.2 cm³/mol. The number of fused-ring (bicyclic) bond motifs is 1. The Kier molecular flexibility index (Phi) is 2.94. The highest BCUT2D eigenvalue weighted by Crippen LogP contribution is 2.17. The number of imidazole rings is 1. The van der Waals surface area contributed by atoms with Crippen LogP contribution in [0.15, 0.2) is 53.9 Å². The number of aromatic nitrogens is 3. The van der Waals surface area contributed by atoms with Gasteiger partial charge in [0.05, 0.1) is 17.2 Å². The molecule has 5 heteroatoms. The highest BCUT2D eigenvalue weighted by Gasteiger charge is 2.04. The molecule has 1 N–H and O–H groups in total. The number of para-hydroxylation sites is 2. The van der Waals surface area contributed by atoms with Gasteiger partial charge in [0.2, 0.25) is 5.95 Å². The molecule has 3 aromatic rings. The molecule has 0 saturated carbocycles. The average Bonchev–Trinajstić information content (AvgIpc) is 2.78. The summed E-state index contributed by atoms with van der Waals surface area (Å²) in [4.78, 5) is 8.43. The van der Waals surface area contributed by atoms with Crippen molar-refractivity contribution in [2.45, 2.75) is 0 Å². The highest BCUT2D eigenvalue weighted by atomic mass is 15.4. The van der Waals surface area contributed by atoms with Gasteiger partial charge in [-0.25, -0.2) is 10.4 Å². The zero-order valence-corrected chi connectivity index (χ0v) is 10.5. The van der Waals surface area contributed by atoms with E-state index in [0.29, 0.717) is 5.95 Å². The molecule has 19 heavy (non-hydrogen) atoms. The molecule has 0 aliphatic heterocycles. The van der Waals surface area contributed by atoms with Crippen molar-refractivity contribution >= 4 is 23.2 Å². The van der Waals surface area contributed by atoms with E-state index in [0.717, 1.165) is 16.6 Å². The molecule has 0 atom stereocenters. The predicted octanol–water partition coefficient (Wildman–Crippen LogP) is 2.41. The van der Waals surface area contributed by atoms with Gasteiger partial charge >= 0.3 is 0 Å². The molecule has 0 aliphatic carbocycles. The number of hydrogen-bond donors (Lipinski definition) is 1. The van der Waals surface area contributed by atoms with Crippen LogP contribution in [-0.4, -0.2) is 20.7 Å². The molecule has 0 radical (unpaired) electrons. The Morgan fingerprint density at radius 2 is 1.95 bits per heavy atom. The lowest BCUT2D eigenvalue weighted by Crippen LogP contribution is -1.98. The summed E-state index contributed by atoms with van der Waals surface area (Å²) in [7, 11) is 1.96. The summed E-state index contributed by atoms with van der Waals surface area (Å²) >= 11 is 0. The summed E-state index contributed by atoms with van der Waals surface area (Å²) in [6.45, 7) is 0. The summed E-state index contributed by atoms with van der Waals surface area (Å²) in [5.41, 5.74) is 5.96. The molecular weight excluding hydrogens is 238 g/mol. The molecule has 0 bridgehead atoms. The van der Waals surface area contributed by atoms with Gasteiger partial charge in [-0.15, -0.1) is 0 Å². The minimum atomic E-state index is 0.714. The van der Waals surface area contributed by atoms with E-state index in [-0.39, 0.29) is 0 Å². The third-order valence-electron chi connectivity index (χ3n) is 2.87. The fraction of sp³-hybridized carbons (Fsp3) is 0.0714. The normalized spacial score (nSPS) is 11.2. The van der Waals surface area contributed by atoms with Crippen LogP contribution in [-0.2, 0) is 7.05 Å². The van der Waals surface area contributed by atoms with E-state index in [1.54, 1.807) is 18.6 Å². The van der Waals surface area contributed by atoms with E-state index >= 15 is 0 Å². The molecule has 0 unspecified atom stereocenters. The maximum atomic E-state index is 4.47. The number of nitrogens with zero attached hydrogens (tertiary/aromatic N) is 4. The number of anilines is 1. The lowest BCUT2D eigenvalue weighted by molar-refractivity contribution is 0.943. The van der Waals surface area contributed by atoms with Crippen molar-refractivity contribution in [2.75, 3.05) is 5.43 Å². The van der Waals surface area contributed by atoms with Crippen LogP contribution in [0.25, 0.3) is 11.0 Å². The number of hydrogen-bond acceptors (Lipinski definition) is 4. The Hall–Kier alpha value is -2.69. The summed E-state index contributed by atoms with van der Waals surface area (Å²) in [6.07, 6.45) is 5.20. The van der Waals surface area contributed by atoms with E-state index in [1.165, 1.54) is 0 Å². The zero-order valence-electron chi connectivity index (χ0n) is 10.5. The first kappa shape index (κ1) is 11.4. The lowest BCUT2D eigenvalue weighted by atomic mass is 10.3. The molecule has 0 saturated heterocycles. The van der Waals surface area contributed by atoms with Crippen molar-refractivity contribution in [3.8, 4) is 0 Å². The molecule has 1 aromatic carbocycles. The smallest absolute Gasteiger partial charge is 0.224 e. The van der Waals surface area contributed by atoms with Gasteiger partial charge in [-0.3, -0.25) is 4.98 Å². The van der Waals surface area contributed by atoms with Crippen LogP contribution in [0.1, 0.15) is 5.56 Å². The molecule has 0 fully saturated rings. The Bertz CT molecular complexity index is 715. The minimum absolute atomic E-state index is 0.714. The van der Waals surface area contributed by atoms with Gasteiger partial charge < -0.3 is 4.57 Å². The van der Waals surface area contributed by atoms with Gasteiger partial charge in [-0.2, -0.15) is 5.10 Å². The molecule has 5 nitrogen and oxygen atoms in total. The molecular formula is C14H13N5. The van der Waals surface area contributed by atoms with Crippen LogP contribution in [0.5, 0.6) is 0 Å². The van der Waals surface area contributed by atoms with Crippen molar-refractivity contribution in [2.24, 2.45) is 12.1 Å². The fourth-order valence-electron chi connectivity index (χ4n) is 1.86. The number of rotatable bonds is 3. The standard InChI is InChI=1S/C14H13N5/c1-19-13-5-3-2-4-12(13)17-14(19)18-16-10-11-6-8-15-9-7-11/h2-10H,1H3,(H,17,18)/b16-10-. The van der Waals surface area contributed by atoms with Crippen molar-refractivity contribution in [1.82, 2.24) is 14.5 Å². The lowest BCUT2D eigenvalue weighted by Gasteiger charge is -2.00. The molecule has 0 aliphatic rings. The number of nitrogens with one attached hydrogen (secondary N) is 1. The minimum Gasteiger partial charge on any atom is -0.312 e. The average molecular weight is 251 g/mol. The van der Waals surface area contributed by atoms with E-state index in [1.807, 2.05) is 48.0 Å². The molecule has 94 valence electrons. The van der Waals surface area contributed by atoms with Gasteiger partial charge in [0.25, 0.3) is 0 Å². The number of benzene rings is 1. The third kappa shape index (κ3) is 2.30. The Balaban J connectivity index is 1.82. The first-order valence-corrected chi connectivity index (χ1v) is 5.95. The molecule has 2 aromatic heterocycles. The van der Waals surface area contributed by atoms with Gasteiger partial charge in [-0.1, -0.05) is 12.1 Å². The molecule has 0 spiro atoms. The molecule has 3 rings (SSSR count). The summed E-state index contributed by atoms with van der Waals surface area (Å²) in [5, 5.41) is 4.18. The van der Waals surface area contributed by atoms with Gasteiger partial charge in [0.1, 0.15) is 0 Å². The van der Waals surface area contributed by atoms with E-state index in [4.69, 9.17) is 0 Å². The Labute approximate surface area is 110 Å². The molecule has 0 amide bonds. The summed E-state index contributed by atoms with van der Waals surface area (Å²) in [5.74, 6) is 0.714. The Morgan fingerprint density at radius 3 is 2.74 bits per heavy atom. The fourth-order valence-corrected chi connectivity index (χ4v) is 1.86. The van der Waals surface area contributed by atoms with Crippen LogP contribution in [0.4, 0.5) is 5.95 Å². The van der Waals surface area contributed by atoms with Gasteiger partial charge in [-0.05, 0) is 29.8 Å². The number of pyridine rings is 1. The van der Waals surface area contributed by atoms with Gasteiger partial charge in [0.15, 0.2) is 0 Å². The third-order valence-corrected chi connectivity index (χ3v) is 2.87. The van der Waals surface area contributed by atoms with Crippen LogP contribution < -0.4 is 5.43 Å². The SMILES string of the molecule is Cn1c(N/N=C\c2ccncc2)nc2ccccc21. The second-order valence-electron chi connectivity index (χ2n) is 4.13. The number of hydrazone groups is 1. The van der Waals surface area contributed by atoms with Crippen molar-refractivity contribution < 1.29 is 0 Å². The van der Waals surface area contributed by atoms with Crippen LogP contribution >= 0.6 is 0 Å². The maximum Gasteiger partial charge on any atom is 0.224 e. The van der Waals surface area contributed by atoms with Crippen molar-refractivity contribution in [1.29, 1.82) is 0 Å². The van der Waals surface area contributed by atoms with Crippen LogP contribution in [0, 0.1) is 0 Å². The number of aryl methyl sites for hydroxylation is 1. The van der Waals surface area contributed by atoms with Crippen molar-refractivity contribution in [3.63, 3.8) is 0 Å². The van der Waals surface area contributed by atoms with Gasteiger partial charge in [0, 0.05) is 19.4 Å². The van der Waals surface area contributed by atoms with Crippen molar-refractivity contribution in [3.05, 3.63) is 54.4 Å². The van der Waals surface area contributed by atoms with E-state index < -0.39 is 0 Å². The van der Waals surface area contributed by atoms with Crippen LogP contribution in [0.3, 0.4) is 0 Å². The zero-order chi connectivity index (χ0) is 13.1. The second-order valence-corrected chi connectivity index (χ2v) is 4.13. The highest BCUT2D eigenvalue weighted by molar-refractivity contribution is 5.81. The summed E-state index contributed by atoms with van der Waals surface area (Å²) in [6, 6.07) is 11.8. The Morgan fingerprint density at radius 1 is 1.16 bits per heavy atom. The van der Waals surface area contributed by atoms with Crippen LogP contribution in [0.2, 0.25) is 0 Å². The van der Waals surface area contributed by atoms with E-state index in [9.17, 15) is 0 Å². The summed E-state index contributed by atoms with van der Waals surface area (Å²) < 4.78 is 1.97. The van der Waals surface area contributed by atoms with E-state index in [2.05, 4.69) is 20.5 Å². The quantitative estimate of drug-likeness (QED) is 0.574. The first-order valence-electron chi connectivity index (χ1n) is 5.95.